The monoisotopic (exact) mass is 213 g/mol. The maximum atomic E-state index is 5.27. The van der Waals surface area contributed by atoms with E-state index in [2.05, 4.69) is 26.1 Å². The smallest absolute Gasteiger partial charge is 0.0601 e. The van der Waals surface area contributed by atoms with Gasteiger partial charge in [-0.25, -0.2) is 0 Å². The van der Waals surface area contributed by atoms with Crippen molar-refractivity contribution in [2.75, 3.05) is 7.11 Å². The van der Waals surface area contributed by atoms with E-state index in [0.29, 0.717) is 18.2 Å². The quantitative estimate of drug-likeness (QED) is 0.702. The predicted octanol–water partition coefficient (Wildman–Crippen LogP) is 2.97. The summed E-state index contributed by atoms with van der Waals surface area (Å²) in [6, 6.07) is 1.38. The Bertz CT molecular complexity index is 164. The summed E-state index contributed by atoms with van der Waals surface area (Å²) >= 11 is 0. The van der Waals surface area contributed by atoms with Gasteiger partial charge in [0.1, 0.15) is 0 Å². The zero-order valence-corrected chi connectivity index (χ0v) is 10.8. The van der Waals surface area contributed by atoms with Crippen LogP contribution in [0.25, 0.3) is 0 Å². The average Bonchev–Trinajstić information content (AvgIpc) is 2.09. The highest BCUT2D eigenvalue weighted by Gasteiger charge is 2.29. The molecule has 1 aliphatic rings. The normalized spacial score (nSPS) is 27.8. The Balaban J connectivity index is 1.97. The largest absolute Gasteiger partial charge is 0.381 e. The van der Waals surface area contributed by atoms with Crippen LogP contribution in [0.4, 0.5) is 0 Å². The van der Waals surface area contributed by atoms with Crippen LogP contribution >= 0.6 is 0 Å². The van der Waals surface area contributed by atoms with Crippen molar-refractivity contribution in [1.82, 2.24) is 5.32 Å². The first kappa shape index (κ1) is 13.0. The van der Waals surface area contributed by atoms with Gasteiger partial charge < -0.3 is 10.1 Å². The average molecular weight is 213 g/mol. The molecule has 0 saturated heterocycles. The maximum absolute atomic E-state index is 5.27. The molecule has 1 saturated carbocycles. The fourth-order valence-electron chi connectivity index (χ4n) is 2.21. The Morgan fingerprint density at radius 3 is 2.40 bits per heavy atom. The molecule has 0 radical (unpaired) electrons. The van der Waals surface area contributed by atoms with E-state index in [0.717, 1.165) is 5.92 Å². The van der Waals surface area contributed by atoms with Gasteiger partial charge in [-0.05, 0) is 32.1 Å². The van der Waals surface area contributed by atoms with Crippen LogP contribution in [-0.2, 0) is 4.74 Å². The first-order valence-electron chi connectivity index (χ1n) is 6.40. The fraction of sp³-hybridized carbons (Fsp3) is 1.00. The van der Waals surface area contributed by atoms with Gasteiger partial charge in [0, 0.05) is 19.2 Å². The Labute approximate surface area is 94.8 Å². The van der Waals surface area contributed by atoms with Gasteiger partial charge in [-0.15, -0.1) is 0 Å². The lowest BCUT2D eigenvalue weighted by molar-refractivity contribution is 0.0144. The molecule has 1 unspecified atom stereocenters. The van der Waals surface area contributed by atoms with Crippen molar-refractivity contribution in [2.45, 2.75) is 71.1 Å². The lowest BCUT2D eigenvalue weighted by Gasteiger charge is -2.36. The zero-order valence-electron chi connectivity index (χ0n) is 10.8. The molecule has 0 aromatic carbocycles. The molecule has 1 N–H and O–H groups in total. The van der Waals surface area contributed by atoms with Gasteiger partial charge in [0.15, 0.2) is 0 Å². The predicted molar refractivity (Wildman–Crippen MR) is 65.1 cm³/mol. The van der Waals surface area contributed by atoms with Crippen LogP contribution in [0.5, 0.6) is 0 Å². The van der Waals surface area contributed by atoms with Crippen LogP contribution in [0.2, 0.25) is 0 Å². The third-order valence-electron chi connectivity index (χ3n) is 3.37. The SMILES string of the molecule is COC1CC(NC(C)CCCC(C)C)C1. The van der Waals surface area contributed by atoms with Crippen LogP contribution in [0.3, 0.4) is 0 Å². The van der Waals surface area contributed by atoms with Crippen LogP contribution in [0, 0.1) is 5.92 Å². The Morgan fingerprint density at radius 2 is 1.87 bits per heavy atom. The first-order valence-corrected chi connectivity index (χ1v) is 6.40. The van der Waals surface area contributed by atoms with E-state index in [1.807, 2.05) is 7.11 Å². The van der Waals surface area contributed by atoms with Crippen molar-refractivity contribution in [1.29, 1.82) is 0 Å². The van der Waals surface area contributed by atoms with E-state index >= 15 is 0 Å². The number of methoxy groups -OCH3 is 1. The molecular weight excluding hydrogens is 186 g/mol. The number of rotatable bonds is 7. The van der Waals surface area contributed by atoms with Gasteiger partial charge in [0.25, 0.3) is 0 Å². The maximum Gasteiger partial charge on any atom is 0.0601 e. The molecule has 0 aromatic rings. The summed E-state index contributed by atoms with van der Waals surface area (Å²) in [5.41, 5.74) is 0. The third-order valence-corrected chi connectivity index (χ3v) is 3.37. The molecule has 2 heteroatoms. The number of nitrogens with one attached hydrogen (secondary N) is 1. The molecule has 0 spiro atoms. The van der Waals surface area contributed by atoms with Gasteiger partial charge >= 0.3 is 0 Å². The van der Waals surface area contributed by atoms with Crippen molar-refractivity contribution < 1.29 is 4.74 Å². The molecule has 0 bridgehead atoms. The summed E-state index contributed by atoms with van der Waals surface area (Å²) in [4.78, 5) is 0. The molecule has 0 amide bonds. The molecule has 90 valence electrons. The molecule has 0 aromatic heterocycles. The van der Waals surface area contributed by atoms with E-state index in [4.69, 9.17) is 4.74 Å². The van der Waals surface area contributed by atoms with Crippen LogP contribution in [0.1, 0.15) is 52.9 Å². The molecule has 0 heterocycles. The second kappa shape index (κ2) is 6.49. The standard InChI is InChI=1S/C13H27NO/c1-10(2)6-5-7-11(3)14-12-8-13(9-12)15-4/h10-14H,5-9H2,1-4H3. The number of hydrogen-bond acceptors (Lipinski definition) is 2. The molecule has 1 fully saturated rings. The Hall–Kier alpha value is -0.0800. The minimum Gasteiger partial charge on any atom is -0.381 e. The minimum absolute atomic E-state index is 0.519. The lowest BCUT2D eigenvalue weighted by atomic mass is 9.88. The van der Waals surface area contributed by atoms with Crippen molar-refractivity contribution in [3.05, 3.63) is 0 Å². The van der Waals surface area contributed by atoms with Gasteiger partial charge in [0.2, 0.25) is 0 Å². The van der Waals surface area contributed by atoms with Crippen LogP contribution < -0.4 is 5.32 Å². The summed E-state index contributed by atoms with van der Waals surface area (Å²) in [6.45, 7) is 6.90. The molecule has 15 heavy (non-hydrogen) atoms. The summed E-state index contributed by atoms with van der Waals surface area (Å²) < 4.78 is 5.27. The van der Waals surface area contributed by atoms with Crippen LogP contribution in [-0.4, -0.2) is 25.3 Å². The van der Waals surface area contributed by atoms with Crippen LogP contribution in [0.15, 0.2) is 0 Å². The summed E-state index contributed by atoms with van der Waals surface area (Å²) in [5, 5.41) is 3.67. The highest BCUT2D eigenvalue weighted by Crippen LogP contribution is 2.23. The van der Waals surface area contributed by atoms with E-state index < -0.39 is 0 Å². The molecule has 1 rings (SSSR count). The van der Waals surface area contributed by atoms with Gasteiger partial charge in [0.05, 0.1) is 6.10 Å². The third kappa shape index (κ3) is 4.98. The summed E-state index contributed by atoms with van der Waals surface area (Å²) in [5.74, 6) is 0.846. The van der Waals surface area contributed by atoms with Crippen molar-refractivity contribution in [3.8, 4) is 0 Å². The number of ether oxygens (including phenoxy) is 1. The molecule has 2 nitrogen and oxygen atoms in total. The van der Waals surface area contributed by atoms with E-state index in [1.54, 1.807) is 0 Å². The van der Waals surface area contributed by atoms with E-state index in [9.17, 15) is 0 Å². The Kier molecular flexibility index (Phi) is 5.62. The topological polar surface area (TPSA) is 21.3 Å². The van der Waals surface area contributed by atoms with Gasteiger partial charge in [-0.3, -0.25) is 0 Å². The van der Waals surface area contributed by atoms with Crippen molar-refractivity contribution >= 4 is 0 Å². The second-order valence-corrected chi connectivity index (χ2v) is 5.42. The second-order valence-electron chi connectivity index (χ2n) is 5.42. The van der Waals surface area contributed by atoms with Gasteiger partial charge in [-0.1, -0.05) is 26.7 Å². The lowest BCUT2D eigenvalue weighted by Crippen LogP contribution is -2.48. The van der Waals surface area contributed by atoms with Crippen molar-refractivity contribution in [3.63, 3.8) is 0 Å². The van der Waals surface area contributed by atoms with E-state index in [-0.39, 0.29) is 0 Å². The summed E-state index contributed by atoms with van der Waals surface area (Å²) in [7, 11) is 1.81. The molecular formula is C13H27NO. The highest BCUT2D eigenvalue weighted by atomic mass is 16.5. The van der Waals surface area contributed by atoms with Gasteiger partial charge in [-0.2, -0.15) is 0 Å². The van der Waals surface area contributed by atoms with E-state index in [1.165, 1.54) is 32.1 Å². The molecule has 1 atom stereocenters. The van der Waals surface area contributed by atoms with Crippen molar-refractivity contribution in [2.24, 2.45) is 5.92 Å². The number of hydrogen-bond donors (Lipinski definition) is 1. The summed E-state index contributed by atoms with van der Waals surface area (Å²) in [6.07, 6.45) is 6.94. The first-order chi connectivity index (χ1) is 7.11. The Morgan fingerprint density at radius 1 is 1.20 bits per heavy atom. The highest BCUT2D eigenvalue weighted by molar-refractivity contribution is 4.87. The minimum atomic E-state index is 0.519. The molecule has 0 aliphatic heterocycles. The zero-order chi connectivity index (χ0) is 11.3. The molecule has 1 aliphatic carbocycles. The fourth-order valence-corrected chi connectivity index (χ4v) is 2.21.